The van der Waals surface area contributed by atoms with Gasteiger partial charge in [-0.3, -0.25) is 4.90 Å². The first-order valence-electron chi connectivity index (χ1n) is 5.97. The molecule has 1 rings (SSSR count). The van der Waals surface area contributed by atoms with Crippen LogP contribution in [-0.4, -0.2) is 36.2 Å². The molecule has 4 heteroatoms. The van der Waals surface area contributed by atoms with Gasteiger partial charge in [-0.2, -0.15) is 5.26 Å². The maximum absolute atomic E-state index is 10.1. The fourth-order valence-electron chi connectivity index (χ4n) is 1.65. The first-order chi connectivity index (χ1) is 8.44. The predicted molar refractivity (Wildman–Crippen MR) is 70.7 cm³/mol. The topological polar surface area (TPSA) is 56.5 Å². The highest BCUT2D eigenvalue weighted by Crippen LogP contribution is 2.32. The van der Waals surface area contributed by atoms with Crippen molar-refractivity contribution in [2.75, 3.05) is 20.7 Å². The highest BCUT2D eigenvalue weighted by atomic mass is 16.5. The van der Waals surface area contributed by atoms with Crippen LogP contribution in [0.5, 0.6) is 11.5 Å². The molecular formula is C14H20N2O2. The number of likely N-dealkylation sites (N-methyl/N-ethyl adjacent to an activating group) is 1. The number of para-hydroxylation sites is 1. The van der Waals surface area contributed by atoms with Gasteiger partial charge < -0.3 is 9.84 Å². The summed E-state index contributed by atoms with van der Waals surface area (Å²) < 4.78 is 5.34. The summed E-state index contributed by atoms with van der Waals surface area (Å²) in [4.78, 5) is 1.85. The van der Waals surface area contributed by atoms with E-state index in [1.165, 1.54) is 0 Å². The summed E-state index contributed by atoms with van der Waals surface area (Å²) in [6.07, 6.45) is 0.448. The lowest BCUT2D eigenvalue weighted by atomic mass is 9.92. The predicted octanol–water partition coefficient (Wildman–Crippen LogP) is 2.18. The summed E-state index contributed by atoms with van der Waals surface area (Å²) in [5.74, 6) is 0.594. The van der Waals surface area contributed by atoms with Gasteiger partial charge in [0.2, 0.25) is 0 Å². The summed E-state index contributed by atoms with van der Waals surface area (Å²) in [5, 5.41) is 19.4. The van der Waals surface area contributed by atoms with Crippen LogP contribution in [0.2, 0.25) is 0 Å². The number of rotatable bonds is 5. The zero-order valence-corrected chi connectivity index (χ0v) is 11.4. The molecule has 1 atom stereocenters. The molecule has 1 aromatic carbocycles. The van der Waals surface area contributed by atoms with Gasteiger partial charge in [0.25, 0.3) is 0 Å². The molecule has 0 saturated heterocycles. The van der Waals surface area contributed by atoms with Gasteiger partial charge in [0, 0.05) is 12.0 Å². The molecule has 98 valence electrons. The van der Waals surface area contributed by atoms with Crippen molar-refractivity contribution in [3.05, 3.63) is 23.8 Å². The van der Waals surface area contributed by atoms with Crippen LogP contribution >= 0.6 is 0 Å². The Bertz CT molecular complexity index is 452. The van der Waals surface area contributed by atoms with Crippen molar-refractivity contribution in [3.63, 3.8) is 0 Å². The number of nitrogens with zero attached hydrogens (tertiary/aromatic N) is 2. The third kappa shape index (κ3) is 2.93. The molecule has 0 saturated carbocycles. The minimum Gasteiger partial charge on any atom is -0.504 e. The maximum atomic E-state index is 10.1. The average Bonchev–Trinajstić information content (AvgIpc) is 2.34. The molecule has 0 aliphatic heterocycles. The van der Waals surface area contributed by atoms with Crippen LogP contribution in [0, 0.1) is 11.3 Å². The maximum Gasteiger partial charge on any atom is 0.161 e. The molecule has 0 heterocycles. The van der Waals surface area contributed by atoms with Crippen LogP contribution in [0.15, 0.2) is 18.2 Å². The van der Waals surface area contributed by atoms with Crippen LogP contribution in [0.4, 0.5) is 0 Å². The van der Waals surface area contributed by atoms with E-state index in [-0.39, 0.29) is 5.75 Å². The van der Waals surface area contributed by atoms with E-state index in [9.17, 15) is 10.4 Å². The Labute approximate surface area is 108 Å². The lowest BCUT2D eigenvalue weighted by molar-refractivity contribution is 0.234. The number of hydrogen-bond donors (Lipinski definition) is 1. The van der Waals surface area contributed by atoms with Crippen LogP contribution in [0.25, 0.3) is 0 Å². The Morgan fingerprint density at radius 1 is 1.44 bits per heavy atom. The number of nitriles is 1. The smallest absolute Gasteiger partial charge is 0.161 e. The SMILES string of the molecule is CCOc1cccc(CC(C)(C#N)N(C)C)c1O. The van der Waals surface area contributed by atoms with Gasteiger partial charge >= 0.3 is 0 Å². The summed E-state index contributed by atoms with van der Waals surface area (Å²) in [6.45, 7) is 4.21. The fourth-order valence-corrected chi connectivity index (χ4v) is 1.65. The highest BCUT2D eigenvalue weighted by Gasteiger charge is 2.28. The molecule has 0 aliphatic carbocycles. The fraction of sp³-hybridized carbons (Fsp3) is 0.500. The van der Waals surface area contributed by atoms with Crippen molar-refractivity contribution in [3.8, 4) is 17.6 Å². The van der Waals surface area contributed by atoms with Gasteiger partial charge in [-0.25, -0.2) is 0 Å². The van der Waals surface area contributed by atoms with Crippen LogP contribution in [0.3, 0.4) is 0 Å². The standard InChI is InChI=1S/C14H20N2O2/c1-5-18-12-8-6-7-11(13(12)17)9-14(2,10-15)16(3)4/h6-8,17H,5,9H2,1-4H3. The van der Waals surface area contributed by atoms with Gasteiger partial charge in [0.05, 0.1) is 12.7 Å². The summed E-state index contributed by atoms with van der Waals surface area (Å²) >= 11 is 0. The van der Waals surface area contributed by atoms with E-state index < -0.39 is 5.54 Å². The number of hydrogen-bond acceptors (Lipinski definition) is 4. The van der Waals surface area contributed by atoms with E-state index >= 15 is 0 Å². The summed E-state index contributed by atoms with van der Waals surface area (Å²) in [7, 11) is 3.71. The second-order valence-corrected chi connectivity index (χ2v) is 4.65. The molecule has 0 amide bonds. The van der Waals surface area contributed by atoms with Gasteiger partial charge in [-0.1, -0.05) is 12.1 Å². The first kappa shape index (κ1) is 14.3. The van der Waals surface area contributed by atoms with Crippen molar-refractivity contribution in [2.45, 2.75) is 25.8 Å². The zero-order valence-electron chi connectivity index (χ0n) is 11.4. The second kappa shape index (κ2) is 5.74. The molecule has 0 radical (unpaired) electrons. The monoisotopic (exact) mass is 248 g/mol. The van der Waals surface area contributed by atoms with Gasteiger partial charge in [0.1, 0.15) is 5.54 Å². The number of benzene rings is 1. The molecule has 1 unspecified atom stereocenters. The van der Waals surface area contributed by atoms with Crippen LogP contribution in [0.1, 0.15) is 19.4 Å². The van der Waals surface area contributed by atoms with E-state index in [1.54, 1.807) is 6.07 Å². The summed E-state index contributed by atoms with van der Waals surface area (Å²) in [5.41, 5.74) is 0.0705. The number of ether oxygens (including phenoxy) is 1. The molecule has 0 spiro atoms. The van der Waals surface area contributed by atoms with Crippen molar-refractivity contribution in [1.82, 2.24) is 4.90 Å². The Hall–Kier alpha value is -1.73. The van der Waals surface area contributed by atoms with Gasteiger partial charge in [-0.05, 0) is 34.0 Å². The van der Waals surface area contributed by atoms with Crippen molar-refractivity contribution in [1.29, 1.82) is 5.26 Å². The van der Waals surface area contributed by atoms with E-state index in [0.717, 1.165) is 5.56 Å². The summed E-state index contributed by atoms with van der Waals surface area (Å²) in [6, 6.07) is 7.65. The van der Waals surface area contributed by atoms with Gasteiger partial charge in [-0.15, -0.1) is 0 Å². The molecule has 1 N–H and O–H groups in total. The molecule has 1 aromatic rings. The van der Waals surface area contributed by atoms with E-state index in [0.29, 0.717) is 18.8 Å². The largest absolute Gasteiger partial charge is 0.504 e. The number of phenols is 1. The Morgan fingerprint density at radius 3 is 2.61 bits per heavy atom. The highest BCUT2D eigenvalue weighted by molar-refractivity contribution is 5.46. The molecule has 0 aromatic heterocycles. The van der Waals surface area contributed by atoms with E-state index in [2.05, 4.69) is 6.07 Å². The van der Waals surface area contributed by atoms with E-state index in [1.807, 2.05) is 45.0 Å². The molecule has 0 aliphatic rings. The van der Waals surface area contributed by atoms with E-state index in [4.69, 9.17) is 4.74 Å². The second-order valence-electron chi connectivity index (χ2n) is 4.65. The third-order valence-electron chi connectivity index (χ3n) is 3.14. The zero-order chi connectivity index (χ0) is 13.8. The number of phenolic OH excluding ortho intramolecular Hbond substituents is 1. The molecule has 18 heavy (non-hydrogen) atoms. The molecule has 4 nitrogen and oxygen atoms in total. The Kier molecular flexibility index (Phi) is 4.57. The number of aromatic hydroxyl groups is 1. The molecule has 0 fully saturated rings. The van der Waals surface area contributed by atoms with Crippen molar-refractivity contribution in [2.24, 2.45) is 0 Å². The first-order valence-corrected chi connectivity index (χ1v) is 5.97. The Morgan fingerprint density at radius 2 is 2.11 bits per heavy atom. The average molecular weight is 248 g/mol. The van der Waals surface area contributed by atoms with Crippen molar-refractivity contribution >= 4 is 0 Å². The molecular weight excluding hydrogens is 228 g/mol. The lowest BCUT2D eigenvalue weighted by Crippen LogP contribution is -2.41. The minimum atomic E-state index is -0.650. The third-order valence-corrected chi connectivity index (χ3v) is 3.14. The van der Waals surface area contributed by atoms with Gasteiger partial charge in [0.15, 0.2) is 11.5 Å². The Balaban J connectivity index is 3.05. The van der Waals surface area contributed by atoms with Crippen LogP contribution in [-0.2, 0) is 6.42 Å². The van der Waals surface area contributed by atoms with Crippen molar-refractivity contribution < 1.29 is 9.84 Å². The minimum absolute atomic E-state index is 0.127. The lowest BCUT2D eigenvalue weighted by Gasteiger charge is -2.29. The molecule has 0 bridgehead atoms. The normalized spacial score (nSPS) is 14.0. The van der Waals surface area contributed by atoms with Crippen LogP contribution < -0.4 is 4.74 Å². The quantitative estimate of drug-likeness (QED) is 0.867.